The second-order valence-electron chi connectivity index (χ2n) is 5.92. The third-order valence-electron chi connectivity index (χ3n) is 3.91. The molecule has 0 atom stereocenters. The highest BCUT2D eigenvalue weighted by atomic mass is 32.2. The summed E-state index contributed by atoms with van der Waals surface area (Å²) in [5.41, 5.74) is 1.37. The van der Waals surface area contributed by atoms with E-state index in [2.05, 4.69) is 6.07 Å². The second kappa shape index (κ2) is 5.77. The molecule has 0 aliphatic carbocycles. The number of hydrogen-bond acceptors (Lipinski definition) is 4. The Morgan fingerprint density at radius 1 is 1.12 bits per heavy atom. The van der Waals surface area contributed by atoms with Crippen molar-refractivity contribution in [1.82, 2.24) is 0 Å². The molecule has 2 aromatic carbocycles. The third kappa shape index (κ3) is 2.68. The van der Waals surface area contributed by atoms with Gasteiger partial charge in [-0.25, -0.2) is 12.8 Å². The summed E-state index contributed by atoms with van der Waals surface area (Å²) >= 11 is 0. The van der Waals surface area contributed by atoms with E-state index in [1.54, 1.807) is 32.0 Å². The molecule has 1 aliphatic heterocycles. The molecular weight excluding hydrogens is 329 g/mol. The maximum atomic E-state index is 13.2. The molecule has 122 valence electrons. The largest absolute Gasteiger partial charge is 0.482 e. The first-order valence-corrected chi connectivity index (χ1v) is 8.40. The molecule has 1 heterocycles. The highest BCUT2D eigenvalue weighted by Gasteiger charge is 2.36. The summed E-state index contributed by atoms with van der Waals surface area (Å²) in [5.74, 6) is 0.0122. The number of nitrogens with zero attached hydrogens (tertiary/aromatic N) is 1. The third-order valence-corrected chi connectivity index (χ3v) is 4.61. The molecule has 1 aliphatic rings. The molecule has 0 N–H and O–H groups in total. The molecule has 0 aromatic heterocycles. The van der Waals surface area contributed by atoms with E-state index in [1.165, 1.54) is 24.3 Å². The monoisotopic (exact) mass is 343 g/mol. The smallest absolute Gasteiger partial charge is 0.168 e. The van der Waals surface area contributed by atoms with Crippen LogP contribution in [0.4, 0.5) is 4.39 Å². The summed E-state index contributed by atoms with van der Waals surface area (Å²) in [7, 11) is -2.74. The maximum Gasteiger partial charge on any atom is 0.168 e. The molecule has 24 heavy (non-hydrogen) atoms. The van der Waals surface area contributed by atoms with Gasteiger partial charge in [0.05, 0.1) is 16.5 Å². The number of fused-ring (bicyclic) bond motifs is 1. The summed E-state index contributed by atoms with van der Waals surface area (Å²) in [6.45, 7) is 3.48. The van der Waals surface area contributed by atoms with E-state index < -0.39 is 16.3 Å². The van der Waals surface area contributed by atoms with E-state index >= 15 is 0 Å². The number of thiol groups is 1. The highest BCUT2D eigenvalue weighted by molar-refractivity contribution is 7.72. The standard InChI is InChI=1S/C18H14FNO3S/c1-18(2)15(10-20)17(11-3-5-12(19)6-4-11)14-8-7-13(24(21)22)9-16(14)23-18/h3-9,24H,1-2H3. The molecule has 0 fully saturated rings. The van der Waals surface area contributed by atoms with Gasteiger partial charge in [-0.15, -0.1) is 0 Å². The zero-order valence-corrected chi connectivity index (χ0v) is 13.9. The zero-order valence-electron chi connectivity index (χ0n) is 13.0. The summed E-state index contributed by atoms with van der Waals surface area (Å²) in [4.78, 5) is 0.137. The molecule has 0 radical (unpaired) electrons. The van der Waals surface area contributed by atoms with E-state index in [0.717, 1.165) is 0 Å². The minimum Gasteiger partial charge on any atom is -0.482 e. The Morgan fingerprint density at radius 2 is 1.79 bits per heavy atom. The number of nitriles is 1. The molecule has 0 saturated heterocycles. The Kier molecular flexibility index (Phi) is 3.90. The van der Waals surface area contributed by atoms with E-state index in [1.807, 2.05) is 0 Å². The molecule has 3 rings (SSSR count). The van der Waals surface area contributed by atoms with Crippen LogP contribution in [0.1, 0.15) is 25.0 Å². The van der Waals surface area contributed by atoms with Crippen molar-refractivity contribution in [2.45, 2.75) is 24.3 Å². The lowest BCUT2D eigenvalue weighted by molar-refractivity contribution is 0.149. The van der Waals surface area contributed by atoms with Crippen molar-refractivity contribution >= 4 is 16.3 Å². The minimum absolute atomic E-state index is 0.137. The number of ether oxygens (including phenoxy) is 1. The first-order chi connectivity index (χ1) is 11.3. The van der Waals surface area contributed by atoms with Gasteiger partial charge in [0.15, 0.2) is 10.7 Å². The van der Waals surface area contributed by atoms with Gasteiger partial charge in [-0.2, -0.15) is 5.26 Å². The Bertz CT molecular complexity index is 959. The molecule has 0 spiro atoms. The first-order valence-electron chi connectivity index (χ1n) is 7.22. The molecule has 4 nitrogen and oxygen atoms in total. The van der Waals surface area contributed by atoms with Crippen LogP contribution in [0.3, 0.4) is 0 Å². The van der Waals surface area contributed by atoms with Gasteiger partial charge in [0, 0.05) is 11.1 Å². The predicted octanol–water partition coefficient (Wildman–Crippen LogP) is 3.29. The van der Waals surface area contributed by atoms with Crippen LogP contribution in [0, 0.1) is 17.1 Å². The minimum atomic E-state index is -2.74. The Morgan fingerprint density at radius 3 is 2.38 bits per heavy atom. The molecule has 6 heteroatoms. The second-order valence-corrected chi connectivity index (χ2v) is 6.95. The van der Waals surface area contributed by atoms with Crippen LogP contribution < -0.4 is 4.74 Å². The fraction of sp³-hybridized carbons (Fsp3) is 0.167. The van der Waals surface area contributed by atoms with Crippen molar-refractivity contribution in [1.29, 1.82) is 5.26 Å². The van der Waals surface area contributed by atoms with Crippen LogP contribution in [0.2, 0.25) is 0 Å². The molecule has 0 saturated carbocycles. The molecule has 0 amide bonds. The maximum absolute atomic E-state index is 13.2. The van der Waals surface area contributed by atoms with Gasteiger partial charge < -0.3 is 4.74 Å². The lowest BCUT2D eigenvalue weighted by atomic mass is 9.83. The van der Waals surface area contributed by atoms with Gasteiger partial charge in [-0.1, -0.05) is 12.1 Å². The SMILES string of the molecule is CC1(C)Oc2cc([SH](=O)=O)ccc2C(c2ccc(F)cc2)=C1C#N. The van der Waals surface area contributed by atoms with Crippen molar-refractivity contribution < 1.29 is 17.5 Å². The van der Waals surface area contributed by atoms with Crippen LogP contribution in [0.15, 0.2) is 52.9 Å². The summed E-state index contributed by atoms with van der Waals surface area (Å²) < 4.78 is 41.6. The summed E-state index contributed by atoms with van der Waals surface area (Å²) in [6, 6.07) is 12.5. The Hall–Kier alpha value is -2.65. The molecule has 0 unspecified atom stereocenters. The molecular formula is C18H14FNO3S. The fourth-order valence-electron chi connectivity index (χ4n) is 2.78. The van der Waals surface area contributed by atoms with E-state index in [9.17, 15) is 18.1 Å². The van der Waals surface area contributed by atoms with Gasteiger partial charge in [0.1, 0.15) is 17.2 Å². The number of hydrogen-bond donors (Lipinski definition) is 1. The lowest BCUT2D eigenvalue weighted by Crippen LogP contribution is -2.34. The van der Waals surface area contributed by atoms with E-state index in [4.69, 9.17) is 4.74 Å². The zero-order chi connectivity index (χ0) is 17.5. The fourth-order valence-corrected chi connectivity index (χ4v) is 3.20. The summed E-state index contributed by atoms with van der Waals surface area (Å²) in [6.07, 6.45) is 0. The molecule has 2 aromatic rings. The van der Waals surface area contributed by atoms with Gasteiger partial charge in [0.2, 0.25) is 0 Å². The van der Waals surface area contributed by atoms with Gasteiger partial charge in [-0.05, 0) is 49.7 Å². The van der Waals surface area contributed by atoms with Crippen molar-refractivity contribution in [2.75, 3.05) is 0 Å². The lowest BCUT2D eigenvalue weighted by Gasteiger charge is -2.34. The highest BCUT2D eigenvalue weighted by Crippen LogP contribution is 2.44. The van der Waals surface area contributed by atoms with Crippen LogP contribution in [0.5, 0.6) is 5.75 Å². The van der Waals surface area contributed by atoms with Crippen LogP contribution in [-0.4, -0.2) is 14.0 Å². The average molecular weight is 343 g/mol. The van der Waals surface area contributed by atoms with Crippen LogP contribution in [0.25, 0.3) is 5.57 Å². The quantitative estimate of drug-likeness (QED) is 0.850. The van der Waals surface area contributed by atoms with Crippen molar-refractivity contribution in [3.63, 3.8) is 0 Å². The molecule has 0 bridgehead atoms. The van der Waals surface area contributed by atoms with Crippen LogP contribution in [-0.2, 0) is 10.7 Å². The number of halogens is 1. The Balaban J connectivity index is 2.32. The van der Waals surface area contributed by atoms with Gasteiger partial charge in [-0.3, -0.25) is 0 Å². The Labute approximate surface area is 140 Å². The van der Waals surface area contributed by atoms with E-state index in [-0.39, 0.29) is 10.7 Å². The topological polar surface area (TPSA) is 67.2 Å². The first kappa shape index (κ1) is 16.2. The van der Waals surface area contributed by atoms with Crippen LogP contribution >= 0.6 is 0 Å². The summed E-state index contributed by atoms with van der Waals surface area (Å²) in [5, 5.41) is 9.62. The van der Waals surface area contributed by atoms with Crippen molar-refractivity contribution in [3.8, 4) is 11.8 Å². The van der Waals surface area contributed by atoms with Crippen molar-refractivity contribution in [2.24, 2.45) is 0 Å². The van der Waals surface area contributed by atoms with Gasteiger partial charge >= 0.3 is 0 Å². The average Bonchev–Trinajstić information content (AvgIpc) is 2.53. The van der Waals surface area contributed by atoms with E-state index in [0.29, 0.717) is 28.0 Å². The predicted molar refractivity (Wildman–Crippen MR) is 87.8 cm³/mol. The number of rotatable bonds is 2. The van der Waals surface area contributed by atoms with Gasteiger partial charge in [0.25, 0.3) is 0 Å². The number of benzene rings is 2. The van der Waals surface area contributed by atoms with Crippen molar-refractivity contribution in [3.05, 3.63) is 65.0 Å². The normalized spacial score (nSPS) is 15.6.